The first-order chi connectivity index (χ1) is 14.6. The largest absolute Gasteiger partial charge is 0.302 e. The minimum absolute atomic E-state index is 0.000487. The number of likely N-dealkylation sites (tertiary alicyclic amines) is 1. The Morgan fingerprint density at radius 3 is 2.33 bits per heavy atom. The summed E-state index contributed by atoms with van der Waals surface area (Å²) >= 11 is 0. The van der Waals surface area contributed by atoms with E-state index in [0.29, 0.717) is 24.7 Å². The standard InChI is InChI=1S/C22H26N6O2/c1-17-12-21(29)27(15-24-17)11-10-26-8-4-18(5-9-26)14-28-16-25-20(13-22(28)30)19-2-6-23-7-3-19/h2-3,6-7,12-13,15-16,18H,4-5,8-11,14H2,1H3. The Bertz CT molecular complexity index is 1100. The fraction of sp³-hybridized carbons (Fsp3) is 0.409. The second-order valence-electron chi connectivity index (χ2n) is 7.85. The molecule has 0 bridgehead atoms. The van der Waals surface area contributed by atoms with Crippen molar-refractivity contribution >= 4 is 0 Å². The molecule has 156 valence electrons. The Morgan fingerprint density at radius 2 is 1.63 bits per heavy atom. The molecule has 8 nitrogen and oxygen atoms in total. The van der Waals surface area contributed by atoms with Gasteiger partial charge in [-0.2, -0.15) is 0 Å². The third-order valence-corrected chi connectivity index (χ3v) is 5.69. The Morgan fingerprint density at radius 1 is 0.933 bits per heavy atom. The van der Waals surface area contributed by atoms with Gasteiger partial charge in [0.25, 0.3) is 11.1 Å². The first-order valence-corrected chi connectivity index (χ1v) is 10.3. The van der Waals surface area contributed by atoms with Crippen LogP contribution >= 0.6 is 0 Å². The van der Waals surface area contributed by atoms with Crippen LogP contribution in [0.1, 0.15) is 18.5 Å². The Labute approximate surface area is 174 Å². The van der Waals surface area contributed by atoms with Gasteiger partial charge in [0.1, 0.15) is 0 Å². The van der Waals surface area contributed by atoms with Crippen molar-refractivity contribution in [1.82, 2.24) is 29.0 Å². The third-order valence-electron chi connectivity index (χ3n) is 5.69. The van der Waals surface area contributed by atoms with Crippen LogP contribution < -0.4 is 11.1 Å². The van der Waals surface area contributed by atoms with Gasteiger partial charge in [0, 0.05) is 55.4 Å². The maximum atomic E-state index is 12.5. The summed E-state index contributed by atoms with van der Waals surface area (Å²) < 4.78 is 3.37. The molecule has 0 aromatic carbocycles. The maximum absolute atomic E-state index is 12.5. The van der Waals surface area contributed by atoms with Gasteiger partial charge in [-0.25, -0.2) is 9.97 Å². The molecule has 1 aliphatic rings. The van der Waals surface area contributed by atoms with Crippen molar-refractivity contribution in [3.8, 4) is 11.3 Å². The van der Waals surface area contributed by atoms with Gasteiger partial charge in [-0.15, -0.1) is 0 Å². The van der Waals surface area contributed by atoms with Gasteiger partial charge in [-0.05, 0) is 50.9 Å². The molecule has 3 aromatic rings. The average Bonchev–Trinajstić information content (AvgIpc) is 2.76. The van der Waals surface area contributed by atoms with E-state index in [-0.39, 0.29) is 11.1 Å². The first-order valence-electron chi connectivity index (χ1n) is 10.3. The van der Waals surface area contributed by atoms with Gasteiger partial charge in [-0.1, -0.05) is 0 Å². The Balaban J connectivity index is 1.29. The lowest BCUT2D eigenvalue weighted by Crippen LogP contribution is -2.38. The second-order valence-corrected chi connectivity index (χ2v) is 7.85. The van der Waals surface area contributed by atoms with Crippen LogP contribution in [-0.2, 0) is 13.1 Å². The van der Waals surface area contributed by atoms with Crippen LogP contribution in [0.25, 0.3) is 11.3 Å². The van der Waals surface area contributed by atoms with E-state index >= 15 is 0 Å². The quantitative estimate of drug-likeness (QED) is 0.618. The number of hydrogen-bond donors (Lipinski definition) is 0. The van der Waals surface area contributed by atoms with Crippen LogP contribution in [-0.4, -0.2) is 48.6 Å². The van der Waals surface area contributed by atoms with Crippen molar-refractivity contribution in [3.63, 3.8) is 0 Å². The van der Waals surface area contributed by atoms with Crippen molar-refractivity contribution < 1.29 is 0 Å². The lowest BCUT2D eigenvalue weighted by molar-refractivity contribution is 0.167. The minimum Gasteiger partial charge on any atom is -0.302 e. The number of rotatable bonds is 6. The number of pyridine rings is 1. The predicted octanol–water partition coefficient (Wildman–Crippen LogP) is 1.58. The summed E-state index contributed by atoms with van der Waals surface area (Å²) in [5.41, 5.74) is 2.29. The van der Waals surface area contributed by atoms with Gasteiger partial charge in [0.2, 0.25) is 0 Å². The van der Waals surface area contributed by atoms with Crippen molar-refractivity contribution in [3.05, 3.63) is 75.7 Å². The predicted molar refractivity (Wildman–Crippen MR) is 114 cm³/mol. The van der Waals surface area contributed by atoms with E-state index in [0.717, 1.165) is 43.7 Å². The van der Waals surface area contributed by atoms with Gasteiger partial charge in [0.05, 0.1) is 18.3 Å². The van der Waals surface area contributed by atoms with E-state index in [4.69, 9.17) is 0 Å². The zero-order chi connectivity index (χ0) is 20.9. The lowest BCUT2D eigenvalue weighted by atomic mass is 9.96. The van der Waals surface area contributed by atoms with E-state index in [1.807, 2.05) is 19.1 Å². The van der Waals surface area contributed by atoms with Gasteiger partial charge in [-0.3, -0.25) is 23.7 Å². The van der Waals surface area contributed by atoms with Gasteiger partial charge >= 0.3 is 0 Å². The summed E-state index contributed by atoms with van der Waals surface area (Å²) in [5, 5.41) is 0. The highest BCUT2D eigenvalue weighted by Gasteiger charge is 2.20. The maximum Gasteiger partial charge on any atom is 0.253 e. The summed E-state index contributed by atoms with van der Waals surface area (Å²) in [6.45, 7) is 5.93. The molecular formula is C22H26N6O2. The molecule has 0 aliphatic carbocycles. The molecule has 4 heterocycles. The van der Waals surface area contributed by atoms with E-state index in [9.17, 15) is 9.59 Å². The normalized spacial score (nSPS) is 15.4. The molecule has 0 N–H and O–H groups in total. The van der Waals surface area contributed by atoms with Crippen LogP contribution in [0, 0.1) is 12.8 Å². The van der Waals surface area contributed by atoms with Crippen molar-refractivity contribution in [1.29, 1.82) is 0 Å². The van der Waals surface area contributed by atoms with Crippen LogP contribution in [0.3, 0.4) is 0 Å². The molecule has 0 amide bonds. The van der Waals surface area contributed by atoms with Gasteiger partial charge < -0.3 is 4.90 Å². The fourth-order valence-corrected chi connectivity index (χ4v) is 3.85. The summed E-state index contributed by atoms with van der Waals surface area (Å²) in [7, 11) is 0. The summed E-state index contributed by atoms with van der Waals surface area (Å²) in [6, 6.07) is 6.86. The second kappa shape index (κ2) is 9.13. The van der Waals surface area contributed by atoms with Crippen LogP contribution in [0.15, 0.2) is 58.9 Å². The van der Waals surface area contributed by atoms with E-state index in [2.05, 4.69) is 19.9 Å². The fourth-order valence-electron chi connectivity index (χ4n) is 3.85. The zero-order valence-electron chi connectivity index (χ0n) is 17.1. The van der Waals surface area contributed by atoms with E-state index in [1.165, 1.54) is 0 Å². The third kappa shape index (κ3) is 4.88. The molecule has 8 heteroatoms. The molecule has 0 saturated carbocycles. The Kier molecular flexibility index (Phi) is 6.13. The van der Waals surface area contributed by atoms with Gasteiger partial charge in [0.15, 0.2) is 0 Å². The lowest BCUT2D eigenvalue weighted by Gasteiger charge is -2.32. The van der Waals surface area contributed by atoms with Crippen LogP contribution in [0.5, 0.6) is 0 Å². The molecule has 0 atom stereocenters. The highest BCUT2D eigenvalue weighted by atomic mass is 16.1. The molecule has 30 heavy (non-hydrogen) atoms. The number of aromatic nitrogens is 5. The topological polar surface area (TPSA) is 85.9 Å². The van der Waals surface area contributed by atoms with Crippen molar-refractivity contribution in [2.75, 3.05) is 19.6 Å². The number of aryl methyl sites for hydroxylation is 1. The molecule has 1 saturated heterocycles. The molecule has 0 radical (unpaired) electrons. The van der Waals surface area contributed by atoms with Crippen LogP contribution in [0.2, 0.25) is 0 Å². The average molecular weight is 406 g/mol. The summed E-state index contributed by atoms with van der Waals surface area (Å²) in [5.74, 6) is 0.455. The highest BCUT2D eigenvalue weighted by Crippen LogP contribution is 2.19. The molecule has 4 rings (SSSR count). The minimum atomic E-state index is -0.0227. The summed E-state index contributed by atoms with van der Waals surface area (Å²) in [6.07, 6.45) is 8.73. The molecule has 1 aliphatic heterocycles. The number of piperidine rings is 1. The molecule has 0 unspecified atom stereocenters. The molecule has 1 fully saturated rings. The monoisotopic (exact) mass is 406 g/mol. The highest BCUT2D eigenvalue weighted by molar-refractivity contribution is 5.57. The molecule has 3 aromatic heterocycles. The van der Waals surface area contributed by atoms with Crippen LogP contribution in [0.4, 0.5) is 0 Å². The number of nitrogens with zero attached hydrogens (tertiary/aromatic N) is 6. The molecule has 0 spiro atoms. The molecular weight excluding hydrogens is 380 g/mol. The summed E-state index contributed by atoms with van der Waals surface area (Å²) in [4.78, 5) is 39.5. The van der Waals surface area contributed by atoms with Crippen molar-refractivity contribution in [2.45, 2.75) is 32.9 Å². The number of hydrogen-bond acceptors (Lipinski definition) is 6. The van der Waals surface area contributed by atoms with E-state index < -0.39 is 0 Å². The smallest absolute Gasteiger partial charge is 0.253 e. The first kappa shape index (κ1) is 20.2. The van der Waals surface area contributed by atoms with Crippen molar-refractivity contribution in [2.24, 2.45) is 5.92 Å². The SMILES string of the molecule is Cc1cc(=O)n(CCN2CCC(Cn3cnc(-c4ccncc4)cc3=O)CC2)cn1. The zero-order valence-corrected chi connectivity index (χ0v) is 17.1. The van der Waals surface area contributed by atoms with E-state index in [1.54, 1.807) is 46.3 Å². The Hall–Kier alpha value is -3.13.